The van der Waals surface area contributed by atoms with Crippen LogP contribution in [-0.4, -0.2) is 25.0 Å². The Morgan fingerprint density at radius 1 is 1.25 bits per heavy atom. The highest BCUT2D eigenvalue weighted by molar-refractivity contribution is 4.88. The molecule has 0 aromatic carbocycles. The molecule has 1 heterocycles. The van der Waals surface area contributed by atoms with Gasteiger partial charge in [-0.3, -0.25) is 0 Å². The van der Waals surface area contributed by atoms with Crippen molar-refractivity contribution in [2.24, 2.45) is 17.8 Å². The lowest BCUT2D eigenvalue weighted by atomic mass is 9.79. The van der Waals surface area contributed by atoms with Gasteiger partial charge in [0.1, 0.15) is 0 Å². The number of nitrogens with zero attached hydrogens (tertiary/aromatic N) is 1. The molecule has 1 aliphatic heterocycles. The molecule has 0 bridgehead atoms. The minimum absolute atomic E-state index is 1.01. The molecule has 1 saturated heterocycles. The number of fused-ring (bicyclic) bond motifs is 1. The summed E-state index contributed by atoms with van der Waals surface area (Å²) in [6.07, 6.45) is 5.92. The summed E-state index contributed by atoms with van der Waals surface area (Å²) in [6.45, 7) is 5.10. The van der Waals surface area contributed by atoms with Gasteiger partial charge in [0.2, 0.25) is 0 Å². The first-order valence-electron chi connectivity index (χ1n) is 5.49. The number of rotatable bonds is 1. The SMILES string of the molecule is CC[C@H]1CN(C)C[C@H]2CCC[C@@H]21. The predicted octanol–water partition coefficient (Wildman–Crippen LogP) is 2.37. The van der Waals surface area contributed by atoms with Crippen molar-refractivity contribution in [3.8, 4) is 0 Å². The van der Waals surface area contributed by atoms with Crippen LogP contribution in [-0.2, 0) is 0 Å². The molecule has 70 valence electrons. The summed E-state index contributed by atoms with van der Waals surface area (Å²) in [5, 5.41) is 0. The van der Waals surface area contributed by atoms with Gasteiger partial charge >= 0.3 is 0 Å². The van der Waals surface area contributed by atoms with Crippen molar-refractivity contribution in [2.75, 3.05) is 20.1 Å². The van der Waals surface area contributed by atoms with Crippen LogP contribution < -0.4 is 0 Å². The van der Waals surface area contributed by atoms with Gasteiger partial charge in [0.25, 0.3) is 0 Å². The fourth-order valence-electron chi connectivity index (χ4n) is 3.36. The average molecular weight is 167 g/mol. The second kappa shape index (κ2) is 3.37. The van der Waals surface area contributed by atoms with E-state index < -0.39 is 0 Å². The van der Waals surface area contributed by atoms with E-state index in [2.05, 4.69) is 18.9 Å². The quantitative estimate of drug-likeness (QED) is 0.579. The van der Waals surface area contributed by atoms with Crippen LogP contribution in [0.15, 0.2) is 0 Å². The first kappa shape index (κ1) is 8.55. The highest BCUT2D eigenvalue weighted by atomic mass is 15.1. The van der Waals surface area contributed by atoms with Crippen LogP contribution in [0.1, 0.15) is 32.6 Å². The van der Waals surface area contributed by atoms with E-state index in [-0.39, 0.29) is 0 Å². The molecule has 2 rings (SSSR count). The monoisotopic (exact) mass is 167 g/mol. The van der Waals surface area contributed by atoms with Crippen molar-refractivity contribution in [1.29, 1.82) is 0 Å². The van der Waals surface area contributed by atoms with Gasteiger partial charge in [-0.2, -0.15) is 0 Å². The summed E-state index contributed by atoms with van der Waals surface area (Å²) >= 11 is 0. The Kier molecular flexibility index (Phi) is 2.40. The molecule has 0 spiro atoms. The molecule has 0 radical (unpaired) electrons. The van der Waals surface area contributed by atoms with Crippen LogP contribution in [0.5, 0.6) is 0 Å². The van der Waals surface area contributed by atoms with Crippen molar-refractivity contribution in [3.05, 3.63) is 0 Å². The normalized spacial score (nSPS) is 43.0. The second-order valence-corrected chi connectivity index (χ2v) is 4.74. The molecule has 0 amide bonds. The third kappa shape index (κ3) is 1.39. The fraction of sp³-hybridized carbons (Fsp3) is 1.00. The van der Waals surface area contributed by atoms with E-state index in [9.17, 15) is 0 Å². The van der Waals surface area contributed by atoms with Crippen molar-refractivity contribution in [3.63, 3.8) is 0 Å². The highest BCUT2D eigenvalue weighted by Gasteiger charge is 2.37. The lowest BCUT2D eigenvalue weighted by Gasteiger charge is -2.39. The van der Waals surface area contributed by atoms with E-state index in [4.69, 9.17) is 0 Å². The van der Waals surface area contributed by atoms with Crippen molar-refractivity contribution >= 4 is 0 Å². The molecule has 0 unspecified atom stereocenters. The van der Waals surface area contributed by atoms with Gasteiger partial charge in [-0.1, -0.05) is 19.8 Å². The van der Waals surface area contributed by atoms with Crippen LogP contribution in [0.4, 0.5) is 0 Å². The van der Waals surface area contributed by atoms with Gasteiger partial charge in [0, 0.05) is 13.1 Å². The molecule has 0 N–H and O–H groups in total. The zero-order valence-electron chi connectivity index (χ0n) is 8.42. The van der Waals surface area contributed by atoms with E-state index in [0.29, 0.717) is 0 Å². The first-order chi connectivity index (χ1) is 5.81. The Hall–Kier alpha value is -0.0400. The van der Waals surface area contributed by atoms with Crippen LogP contribution in [0.25, 0.3) is 0 Å². The Morgan fingerprint density at radius 2 is 2.08 bits per heavy atom. The fourth-order valence-corrected chi connectivity index (χ4v) is 3.36. The smallest absolute Gasteiger partial charge is 0.000948 e. The first-order valence-corrected chi connectivity index (χ1v) is 5.49. The van der Waals surface area contributed by atoms with Gasteiger partial charge in [0.15, 0.2) is 0 Å². The lowest BCUT2D eigenvalue weighted by molar-refractivity contribution is 0.0967. The molecule has 1 aliphatic carbocycles. The van der Waals surface area contributed by atoms with Crippen molar-refractivity contribution < 1.29 is 0 Å². The van der Waals surface area contributed by atoms with Gasteiger partial charge in [-0.15, -0.1) is 0 Å². The topological polar surface area (TPSA) is 3.24 Å². The predicted molar refractivity (Wildman–Crippen MR) is 52.1 cm³/mol. The number of likely N-dealkylation sites (tertiary alicyclic amines) is 1. The zero-order chi connectivity index (χ0) is 8.55. The Bertz CT molecular complexity index is 155. The summed E-state index contributed by atoms with van der Waals surface area (Å²) in [5.74, 6) is 3.15. The van der Waals surface area contributed by atoms with E-state index in [1.807, 2.05) is 0 Å². The van der Waals surface area contributed by atoms with Crippen LogP contribution in [0.3, 0.4) is 0 Å². The summed E-state index contributed by atoms with van der Waals surface area (Å²) in [6, 6.07) is 0. The molecule has 2 aliphatic rings. The third-order valence-corrected chi connectivity index (χ3v) is 3.94. The van der Waals surface area contributed by atoms with Crippen LogP contribution in [0.2, 0.25) is 0 Å². The molecule has 3 atom stereocenters. The zero-order valence-corrected chi connectivity index (χ0v) is 8.42. The maximum Gasteiger partial charge on any atom is 0.000948 e. The standard InChI is InChI=1S/C11H21N/c1-3-9-7-12(2)8-10-5-4-6-11(9)10/h9-11H,3-8H2,1-2H3/t9-,10+,11+/m0/s1. The Labute approximate surface area is 76.1 Å². The molecule has 1 saturated carbocycles. The molecule has 0 aromatic rings. The minimum Gasteiger partial charge on any atom is -0.306 e. The van der Waals surface area contributed by atoms with Gasteiger partial charge in [0.05, 0.1) is 0 Å². The Morgan fingerprint density at radius 3 is 2.83 bits per heavy atom. The summed E-state index contributed by atoms with van der Waals surface area (Å²) < 4.78 is 0. The third-order valence-electron chi connectivity index (χ3n) is 3.94. The lowest BCUT2D eigenvalue weighted by Crippen LogP contribution is -2.41. The second-order valence-electron chi connectivity index (χ2n) is 4.74. The molecule has 2 fully saturated rings. The molecular weight excluding hydrogens is 146 g/mol. The minimum atomic E-state index is 1.01. The van der Waals surface area contributed by atoms with E-state index >= 15 is 0 Å². The molecule has 12 heavy (non-hydrogen) atoms. The van der Waals surface area contributed by atoms with Crippen LogP contribution >= 0.6 is 0 Å². The number of hydrogen-bond donors (Lipinski definition) is 0. The van der Waals surface area contributed by atoms with E-state index in [1.165, 1.54) is 38.8 Å². The Balaban J connectivity index is 2.04. The molecule has 1 heteroatoms. The highest BCUT2D eigenvalue weighted by Crippen LogP contribution is 2.41. The van der Waals surface area contributed by atoms with Crippen LogP contribution in [0, 0.1) is 17.8 Å². The number of hydrogen-bond acceptors (Lipinski definition) is 1. The molecule has 0 aromatic heterocycles. The van der Waals surface area contributed by atoms with E-state index in [0.717, 1.165) is 17.8 Å². The van der Waals surface area contributed by atoms with Crippen molar-refractivity contribution in [2.45, 2.75) is 32.6 Å². The maximum absolute atomic E-state index is 2.54. The average Bonchev–Trinajstić information content (AvgIpc) is 2.50. The number of piperidine rings is 1. The summed E-state index contributed by atoms with van der Waals surface area (Å²) in [7, 11) is 2.29. The van der Waals surface area contributed by atoms with Gasteiger partial charge in [-0.05, 0) is 37.6 Å². The summed E-state index contributed by atoms with van der Waals surface area (Å²) in [4.78, 5) is 2.54. The van der Waals surface area contributed by atoms with E-state index in [1.54, 1.807) is 0 Å². The molecule has 1 nitrogen and oxygen atoms in total. The largest absolute Gasteiger partial charge is 0.306 e. The summed E-state index contributed by atoms with van der Waals surface area (Å²) in [5.41, 5.74) is 0. The maximum atomic E-state index is 2.54. The van der Waals surface area contributed by atoms with Gasteiger partial charge < -0.3 is 4.90 Å². The molecular formula is C11H21N. The van der Waals surface area contributed by atoms with Crippen molar-refractivity contribution in [1.82, 2.24) is 4.90 Å². The van der Waals surface area contributed by atoms with Gasteiger partial charge in [-0.25, -0.2) is 0 Å².